The molecule has 2 atom stereocenters. The van der Waals surface area contributed by atoms with Gasteiger partial charge in [-0.1, -0.05) is 6.07 Å². The van der Waals surface area contributed by atoms with E-state index in [2.05, 4.69) is 0 Å². The summed E-state index contributed by atoms with van der Waals surface area (Å²) in [7, 11) is 0. The number of halogens is 1. The van der Waals surface area contributed by atoms with E-state index < -0.39 is 18.0 Å². The zero-order valence-electron chi connectivity index (χ0n) is 8.16. The van der Waals surface area contributed by atoms with Crippen molar-refractivity contribution in [1.82, 2.24) is 0 Å². The molecule has 0 aliphatic heterocycles. The van der Waals surface area contributed by atoms with Crippen LogP contribution in [0.3, 0.4) is 0 Å². The number of aliphatic hydroxyl groups excluding tert-OH is 1. The van der Waals surface area contributed by atoms with Crippen LogP contribution in [0.15, 0.2) is 12.1 Å². The number of aryl methyl sites for hydroxylation is 1. The third-order valence-electron chi connectivity index (χ3n) is 2.22. The average molecular weight is 199 g/mol. The van der Waals surface area contributed by atoms with Crippen molar-refractivity contribution in [2.45, 2.75) is 26.0 Å². The number of hydrogen-bond acceptors (Lipinski definition) is 3. The summed E-state index contributed by atoms with van der Waals surface area (Å²) < 4.78 is 13.3. The minimum absolute atomic E-state index is 0.0278. The lowest BCUT2D eigenvalue weighted by molar-refractivity contribution is 0.161. The normalized spacial score (nSPS) is 15.2. The molecule has 0 saturated heterocycles. The fraction of sp³-hybridized carbons (Fsp3) is 0.400. The number of hydrogen-bond donors (Lipinski definition) is 3. The Kier molecular flexibility index (Phi) is 3.08. The van der Waals surface area contributed by atoms with E-state index in [1.54, 1.807) is 6.92 Å². The second-order valence-electron chi connectivity index (χ2n) is 3.39. The lowest BCUT2D eigenvalue weighted by atomic mass is 9.99. The van der Waals surface area contributed by atoms with Crippen molar-refractivity contribution in [3.63, 3.8) is 0 Å². The van der Waals surface area contributed by atoms with Crippen LogP contribution in [-0.2, 0) is 0 Å². The quantitative estimate of drug-likeness (QED) is 0.671. The second kappa shape index (κ2) is 3.94. The molecular formula is C10H14FNO2. The number of aliphatic hydroxyl groups is 1. The first kappa shape index (κ1) is 10.9. The van der Waals surface area contributed by atoms with Crippen molar-refractivity contribution in [3.8, 4) is 5.75 Å². The first-order chi connectivity index (χ1) is 6.45. The Morgan fingerprint density at radius 1 is 1.43 bits per heavy atom. The van der Waals surface area contributed by atoms with Crippen LogP contribution >= 0.6 is 0 Å². The molecule has 4 N–H and O–H groups in total. The molecule has 0 heterocycles. The number of nitrogens with two attached hydrogens (primary N) is 1. The first-order valence-corrected chi connectivity index (χ1v) is 4.36. The predicted molar refractivity (Wildman–Crippen MR) is 51.4 cm³/mol. The molecule has 0 saturated carbocycles. The monoisotopic (exact) mass is 199 g/mol. The van der Waals surface area contributed by atoms with E-state index in [1.165, 1.54) is 19.1 Å². The van der Waals surface area contributed by atoms with Gasteiger partial charge in [0.15, 0.2) is 0 Å². The van der Waals surface area contributed by atoms with Gasteiger partial charge in [0.2, 0.25) is 0 Å². The van der Waals surface area contributed by atoms with Crippen LogP contribution in [0.1, 0.15) is 24.1 Å². The largest absolute Gasteiger partial charge is 0.507 e. The molecule has 1 rings (SSSR count). The highest BCUT2D eigenvalue weighted by Gasteiger charge is 2.21. The van der Waals surface area contributed by atoms with Crippen molar-refractivity contribution < 1.29 is 14.6 Å². The summed E-state index contributed by atoms with van der Waals surface area (Å²) in [5.74, 6) is -0.778. The van der Waals surface area contributed by atoms with E-state index in [0.717, 1.165) is 0 Å². The molecule has 1 aromatic carbocycles. The summed E-state index contributed by atoms with van der Waals surface area (Å²) in [6.07, 6.45) is -0.905. The Hall–Kier alpha value is -1.13. The maximum absolute atomic E-state index is 13.3. The van der Waals surface area contributed by atoms with Crippen molar-refractivity contribution in [2.24, 2.45) is 5.73 Å². The molecule has 0 aromatic heterocycles. The van der Waals surface area contributed by atoms with Gasteiger partial charge < -0.3 is 15.9 Å². The van der Waals surface area contributed by atoms with E-state index in [0.29, 0.717) is 5.56 Å². The summed E-state index contributed by atoms with van der Waals surface area (Å²) in [6.45, 7) is 3.10. The van der Waals surface area contributed by atoms with Crippen LogP contribution < -0.4 is 5.73 Å². The van der Waals surface area contributed by atoms with Gasteiger partial charge in [-0.3, -0.25) is 0 Å². The highest BCUT2D eigenvalue weighted by molar-refractivity contribution is 5.42. The minimum Gasteiger partial charge on any atom is -0.507 e. The number of benzene rings is 1. The Labute approximate surface area is 82.0 Å². The third kappa shape index (κ3) is 1.86. The van der Waals surface area contributed by atoms with Gasteiger partial charge in [-0.2, -0.15) is 0 Å². The summed E-state index contributed by atoms with van der Waals surface area (Å²) in [4.78, 5) is 0. The number of rotatable bonds is 2. The van der Waals surface area contributed by atoms with E-state index in [-0.39, 0.29) is 11.3 Å². The molecule has 2 unspecified atom stereocenters. The smallest absolute Gasteiger partial charge is 0.131 e. The standard InChI is InChI=1S/C10H14FNO2/c1-5-3-4-7(11)8(10(5)14)9(12)6(2)13/h3-4,6,9,13-14H,12H2,1-2H3. The second-order valence-corrected chi connectivity index (χ2v) is 3.39. The first-order valence-electron chi connectivity index (χ1n) is 4.36. The average Bonchev–Trinajstić information content (AvgIpc) is 2.12. The van der Waals surface area contributed by atoms with Gasteiger partial charge in [0.05, 0.1) is 12.1 Å². The Bertz CT molecular complexity index is 339. The highest BCUT2D eigenvalue weighted by atomic mass is 19.1. The molecule has 3 nitrogen and oxygen atoms in total. The van der Waals surface area contributed by atoms with Gasteiger partial charge in [0.25, 0.3) is 0 Å². The SMILES string of the molecule is Cc1ccc(F)c(C(N)C(C)O)c1O. The van der Waals surface area contributed by atoms with Crippen LogP contribution in [0.5, 0.6) is 5.75 Å². The van der Waals surface area contributed by atoms with Gasteiger partial charge in [-0.25, -0.2) is 4.39 Å². The minimum atomic E-state index is -0.908. The van der Waals surface area contributed by atoms with Gasteiger partial charge in [-0.05, 0) is 25.5 Å². The Morgan fingerprint density at radius 3 is 2.50 bits per heavy atom. The van der Waals surface area contributed by atoms with Crippen molar-refractivity contribution in [2.75, 3.05) is 0 Å². The number of phenolic OH excluding ortho intramolecular Hbond substituents is 1. The predicted octanol–water partition coefficient (Wildman–Crippen LogP) is 1.22. The fourth-order valence-corrected chi connectivity index (χ4v) is 1.25. The molecular weight excluding hydrogens is 185 g/mol. The van der Waals surface area contributed by atoms with Crippen molar-refractivity contribution >= 4 is 0 Å². The number of phenols is 1. The third-order valence-corrected chi connectivity index (χ3v) is 2.22. The van der Waals surface area contributed by atoms with Crippen LogP contribution in [0.25, 0.3) is 0 Å². The maximum Gasteiger partial charge on any atom is 0.131 e. The van der Waals surface area contributed by atoms with Gasteiger partial charge in [-0.15, -0.1) is 0 Å². The summed E-state index contributed by atoms with van der Waals surface area (Å²) in [5, 5.41) is 18.8. The zero-order chi connectivity index (χ0) is 10.9. The van der Waals surface area contributed by atoms with Crippen molar-refractivity contribution in [3.05, 3.63) is 29.1 Å². The molecule has 0 aliphatic rings. The zero-order valence-corrected chi connectivity index (χ0v) is 8.16. The molecule has 0 spiro atoms. The van der Waals surface area contributed by atoms with Gasteiger partial charge >= 0.3 is 0 Å². The van der Waals surface area contributed by atoms with E-state index in [9.17, 15) is 14.6 Å². The molecule has 4 heteroatoms. The van der Waals surface area contributed by atoms with E-state index >= 15 is 0 Å². The molecule has 0 aliphatic carbocycles. The van der Waals surface area contributed by atoms with Gasteiger partial charge in [0.1, 0.15) is 11.6 Å². The van der Waals surface area contributed by atoms with E-state index in [4.69, 9.17) is 5.73 Å². The molecule has 0 radical (unpaired) electrons. The molecule has 14 heavy (non-hydrogen) atoms. The molecule has 0 bridgehead atoms. The summed E-state index contributed by atoms with van der Waals surface area (Å²) in [5.41, 5.74) is 6.07. The molecule has 0 fully saturated rings. The van der Waals surface area contributed by atoms with Crippen LogP contribution in [0.4, 0.5) is 4.39 Å². The topological polar surface area (TPSA) is 66.5 Å². The summed E-state index contributed by atoms with van der Waals surface area (Å²) >= 11 is 0. The van der Waals surface area contributed by atoms with Crippen molar-refractivity contribution in [1.29, 1.82) is 0 Å². The van der Waals surface area contributed by atoms with Crippen LogP contribution in [0.2, 0.25) is 0 Å². The van der Waals surface area contributed by atoms with E-state index in [1.807, 2.05) is 0 Å². The Balaban J connectivity index is 3.25. The molecule has 0 amide bonds. The highest BCUT2D eigenvalue weighted by Crippen LogP contribution is 2.30. The van der Waals surface area contributed by atoms with Crippen LogP contribution in [0, 0.1) is 12.7 Å². The molecule has 1 aromatic rings. The molecule has 78 valence electrons. The maximum atomic E-state index is 13.3. The lowest BCUT2D eigenvalue weighted by Gasteiger charge is -2.18. The fourth-order valence-electron chi connectivity index (χ4n) is 1.25. The summed E-state index contributed by atoms with van der Waals surface area (Å²) in [6, 6.07) is 1.78. The van der Waals surface area contributed by atoms with Crippen LogP contribution in [-0.4, -0.2) is 16.3 Å². The van der Waals surface area contributed by atoms with Gasteiger partial charge in [0, 0.05) is 5.56 Å². The number of aromatic hydroxyl groups is 1. The lowest BCUT2D eigenvalue weighted by Crippen LogP contribution is -2.24. The Morgan fingerprint density at radius 2 is 2.00 bits per heavy atom.